The van der Waals surface area contributed by atoms with Gasteiger partial charge in [-0.15, -0.1) is 0 Å². The van der Waals surface area contributed by atoms with Gasteiger partial charge in [-0.2, -0.15) is 0 Å². The number of likely N-dealkylation sites (tertiary alicyclic amines) is 1. The fourth-order valence-corrected chi connectivity index (χ4v) is 2.51. The lowest BCUT2D eigenvalue weighted by atomic mass is 9.87. The van der Waals surface area contributed by atoms with Crippen LogP contribution in [0.15, 0.2) is 12.1 Å². The van der Waals surface area contributed by atoms with Gasteiger partial charge in [0.2, 0.25) is 0 Å². The maximum Gasteiger partial charge on any atom is 0.321 e. The highest BCUT2D eigenvalue weighted by atomic mass is 35.5. The largest absolute Gasteiger partial charge is 0.481 e. The highest BCUT2D eigenvalue weighted by molar-refractivity contribution is 6.35. The molecule has 1 aliphatic heterocycles. The number of rotatable bonds is 3. The quantitative estimate of drug-likeness (QED) is 0.833. The van der Waals surface area contributed by atoms with Crippen molar-refractivity contribution in [1.82, 2.24) is 4.90 Å². The Bertz CT molecular complexity index is 568. The second-order valence-electron chi connectivity index (χ2n) is 4.98. The Morgan fingerprint density at radius 1 is 1.38 bits per heavy atom. The molecule has 1 aliphatic rings. The van der Waals surface area contributed by atoms with Crippen LogP contribution in [0, 0.1) is 17.7 Å². The molecule has 1 aromatic rings. The van der Waals surface area contributed by atoms with Crippen LogP contribution in [-0.4, -0.2) is 35.1 Å². The number of hydrogen-bond acceptors (Lipinski definition) is 2. The van der Waals surface area contributed by atoms with Crippen LogP contribution in [0.3, 0.4) is 0 Å². The summed E-state index contributed by atoms with van der Waals surface area (Å²) in [6.07, 6.45) is 0. The van der Waals surface area contributed by atoms with E-state index >= 15 is 0 Å². The molecule has 0 aliphatic carbocycles. The number of aliphatic carboxylic acids is 1. The van der Waals surface area contributed by atoms with Crippen molar-refractivity contribution in [3.05, 3.63) is 28.0 Å². The predicted molar refractivity (Wildman–Crippen MR) is 77.3 cm³/mol. The fraction of sp³-hybridized carbons (Fsp3) is 0.385. The van der Waals surface area contributed by atoms with Crippen molar-refractivity contribution in [2.24, 2.45) is 11.8 Å². The van der Waals surface area contributed by atoms with Crippen molar-refractivity contribution in [3.8, 4) is 0 Å². The first-order valence-corrected chi connectivity index (χ1v) is 6.98. The molecule has 1 unspecified atom stereocenters. The Labute approximate surface area is 130 Å². The topological polar surface area (TPSA) is 69.6 Å². The zero-order chi connectivity index (χ0) is 15.7. The third-order valence-electron chi connectivity index (χ3n) is 3.53. The summed E-state index contributed by atoms with van der Waals surface area (Å²) in [5.74, 6) is -2.18. The summed E-state index contributed by atoms with van der Waals surface area (Å²) in [6, 6.07) is 2.12. The number of halogens is 3. The van der Waals surface area contributed by atoms with E-state index in [1.54, 1.807) is 6.92 Å². The number of benzene rings is 1. The van der Waals surface area contributed by atoms with Crippen molar-refractivity contribution in [2.75, 3.05) is 18.4 Å². The minimum Gasteiger partial charge on any atom is -0.481 e. The van der Waals surface area contributed by atoms with Crippen molar-refractivity contribution < 1.29 is 19.1 Å². The van der Waals surface area contributed by atoms with Crippen LogP contribution in [0.25, 0.3) is 0 Å². The highest BCUT2D eigenvalue weighted by Crippen LogP contribution is 2.29. The Balaban J connectivity index is 1.94. The zero-order valence-electron chi connectivity index (χ0n) is 11.1. The van der Waals surface area contributed by atoms with Gasteiger partial charge in [0, 0.05) is 24.7 Å². The average molecular weight is 335 g/mol. The summed E-state index contributed by atoms with van der Waals surface area (Å²) in [7, 11) is 0. The number of nitrogens with zero attached hydrogens (tertiary/aromatic N) is 1. The van der Waals surface area contributed by atoms with Gasteiger partial charge in [0.15, 0.2) is 5.82 Å². The van der Waals surface area contributed by atoms with Gasteiger partial charge in [0.05, 0.1) is 16.0 Å². The normalized spacial score (nSPS) is 16.3. The van der Waals surface area contributed by atoms with Crippen molar-refractivity contribution in [2.45, 2.75) is 6.92 Å². The van der Waals surface area contributed by atoms with Crippen molar-refractivity contribution in [1.29, 1.82) is 0 Å². The summed E-state index contributed by atoms with van der Waals surface area (Å²) in [6.45, 7) is 2.34. The van der Waals surface area contributed by atoms with E-state index in [0.29, 0.717) is 13.1 Å². The summed E-state index contributed by atoms with van der Waals surface area (Å²) < 4.78 is 13.3. The number of urea groups is 1. The first-order valence-electron chi connectivity index (χ1n) is 6.23. The van der Waals surface area contributed by atoms with Crippen LogP contribution in [0.5, 0.6) is 0 Å². The second-order valence-corrected chi connectivity index (χ2v) is 5.79. The number of carboxylic acid groups (broad SMARTS) is 1. The van der Waals surface area contributed by atoms with E-state index in [4.69, 9.17) is 28.3 Å². The molecule has 2 N–H and O–H groups in total. The lowest BCUT2D eigenvalue weighted by Crippen LogP contribution is -2.54. The van der Waals surface area contributed by atoms with Crippen LogP contribution in [-0.2, 0) is 4.79 Å². The third kappa shape index (κ3) is 3.39. The van der Waals surface area contributed by atoms with Crippen LogP contribution in [0.4, 0.5) is 14.9 Å². The molecule has 21 heavy (non-hydrogen) atoms. The van der Waals surface area contributed by atoms with Gasteiger partial charge >= 0.3 is 12.0 Å². The summed E-state index contributed by atoms with van der Waals surface area (Å²) in [5.41, 5.74) is 0.283. The van der Waals surface area contributed by atoms with E-state index in [9.17, 15) is 14.0 Å². The van der Waals surface area contributed by atoms with E-state index in [2.05, 4.69) is 5.32 Å². The minimum atomic E-state index is -0.878. The smallest absolute Gasteiger partial charge is 0.321 e. The van der Waals surface area contributed by atoms with Gasteiger partial charge < -0.3 is 15.3 Å². The number of carbonyl (C=O) groups is 2. The Hall–Kier alpha value is -1.53. The van der Waals surface area contributed by atoms with Crippen LogP contribution >= 0.6 is 23.2 Å². The average Bonchev–Trinajstić information content (AvgIpc) is 2.33. The van der Waals surface area contributed by atoms with Gasteiger partial charge in [-0.3, -0.25) is 4.79 Å². The van der Waals surface area contributed by atoms with E-state index < -0.39 is 23.7 Å². The van der Waals surface area contributed by atoms with Crippen LogP contribution in [0.1, 0.15) is 6.92 Å². The van der Waals surface area contributed by atoms with Crippen molar-refractivity contribution in [3.63, 3.8) is 0 Å². The minimum absolute atomic E-state index is 0.0614. The fourth-order valence-electron chi connectivity index (χ4n) is 2.03. The van der Waals surface area contributed by atoms with E-state index in [1.807, 2.05) is 0 Å². The first kappa shape index (κ1) is 15.9. The second kappa shape index (κ2) is 6.07. The van der Waals surface area contributed by atoms with Gasteiger partial charge in [0.25, 0.3) is 0 Å². The molecule has 8 heteroatoms. The molecule has 2 rings (SSSR count). The molecule has 2 amide bonds. The number of carboxylic acids is 1. The standard InChI is InChI=1S/C13H13Cl2FN2O3/c1-6(12(19)20)7-4-18(5-7)13(21)17-8-2-9(14)11(16)10(15)3-8/h2-3,6-7H,4-5H2,1H3,(H,17,21)(H,19,20). The molecule has 1 fully saturated rings. The predicted octanol–water partition coefficient (Wildman–Crippen LogP) is 3.32. The number of anilines is 1. The van der Waals surface area contributed by atoms with Crippen LogP contribution < -0.4 is 5.32 Å². The molecule has 1 atom stereocenters. The molecule has 0 saturated carbocycles. The number of carbonyl (C=O) groups excluding carboxylic acids is 1. The third-order valence-corrected chi connectivity index (χ3v) is 4.08. The molecular formula is C13H13Cl2FN2O3. The Morgan fingerprint density at radius 3 is 2.38 bits per heavy atom. The summed E-state index contributed by atoms with van der Waals surface area (Å²) in [5, 5.41) is 11.1. The lowest BCUT2D eigenvalue weighted by Gasteiger charge is -2.41. The molecule has 1 heterocycles. The Morgan fingerprint density at radius 2 is 1.90 bits per heavy atom. The maximum absolute atomic E-state index is 13.3. The van der Waals surface area contributed by atoms with E-state index in [1.165, 1.54) is 17.0 Å². The summed E-state index contributed by atoms with van der Waals surface area (Å²) >= 11 is 11.3. The molecule has 0 aromatic heterocycles. The molecular weight excluding hydrogens is 322 g/mol. The SMILES string of the molecule is CC(C(=O)O)C1CN(C(=O)Nc2cc(Cl)c(F)c(Cl)c2)C1. The monoisotopic (exact) mass is 334 g/mol. The van der Waals surface area contributed by atoms with E-state index in [-0.39, 0.29) is 21.7 Å². The molecule has 1 saturated heterocycles. The number of nitrogens with one attached hydrogen (secondary N) is 1. The molecule has 114 valence electrons. The first-order chi connectivity index (χ1) is 9.79. The summed E-state index contributed by atoms with van der Waals surface area (Å²) in [4.78, 5) is 24.2. The molecule has 0 spiro atoms. The molecule has 0 radical (unpaired) electrons. The molecule has 1 aromatic carbocycles. The van der Waals surface area contributed by atoms with Crippen LogP contribution in [0.2, 0.25) is 10.0 Å². The zero-order valence-corrected chi connectivity index (χ0v) is 12.6. The van der Waals surface area contributed by atoms with Gasteiger partial charge in [0.1, 0.15) is 0 Å². The lowest BCUT2D eigenvalue weighted by molar-refractivity contribution is -0.144. The maximum atomic E-state index is 13.3. The van der Waals surface area contributed by atoms with Gasteiger partial charge in [-0.25, -0.2) is 9.18 Å². The highest BCUT2D eigenvalue weighted by Gasteiger charge is 2.37. The molecule has 0 bridgehead atoms. The van der Waals surface area contributed by atoms with Crippen molar-refractivity contribution >= 4 is 40.9 Å². The van der Waals surface area contributed by atoms with E-state index in [0.717, 1.165) is 0 Å². The number of amides is 2. The van der Waals surface area contributed by atoms with Gasteiger partial charge in [-0.05, 0) is 12.1 Å². The Kier molecular flexibility index (Phi) is 4.58. The van der Waals surface area contributed by atoms with Gasteiger partial charge in [-0.1, -0.05) is 30.1 Å². The molecule has 5 nitrogen and oxygen atoms in total. The number of hydrogen-bond donors (Lipinski definition) is 2.